The lowest BCUT2D eigenvalue weighted by molar-refractivity contribution is -0.121. The monoisotopic (exact) mass is 405 g/mol. The summed E-state index contributed by atoms with van der Waals surface area (Å²) < 4.78 is 22.1. The van der Waals surface area contributed by atoms with Crippen LogP contribution < -0.4 is 10.1 Å². The van der Waals surface area contributed by atoms with Gasteiger partial charge in [-0.2, -0.15) is 0 Å². The Morgan fingerprint density at radius 3 is 2.77 bits per heavy atom. The third-order valence-corrected chi connectivity index (χ3v) is 6.52. The molecule has 0 unspecified atom stereocenters. The number of fused-ring (bicyclic) bond motifs is 3. The van der Waals surface area contributed by atoms with Crippen molar-refractivity contribution in [2.24, 2.45) is 11.8 Å². The first-order valence-corrected chi connectivity index (χ1v) is 10.4. The molecule has 2 aromatic carbocycles. The maximum Gasteiger partial charge on any atom is 0.227 e. The van der Waals surface area contributed by atoms with Gasteiger partial charge in [0, 0.05) is 28.8 Å². The third-order valence-electron chi connectivity index (χ3n) is 6.52. The number of methoxy groups -OCH3 is 1. The quantitative estimate of drug-likeness (QED) is 0.661. The van der Waals surface area contributed by atoms with Crippen molar-refractivity contribution in [1.29, 1.82) is 0 Å². The number of halogens is 1. The SMILES string of the molecule is COc1cccc(NC(=O)C2CCC([C@@H]3c4c(F)cccc4-c4cncn43)CC2)c1. The van der Waals surface area contributed by atoms with Crippen LogP contribution in [0.2, 0.25) is 0 Å². The molecule has 1 aliphatic carbocycles. The average molecular weight is 405 g/mol. The predicted octanol–water partition coefficient (Wildman–Crippen LogP) is 5.05. The summed E-state index contributed by atoms with van der Waals surface area (Å²) in [6.45, 7) is 0. The summed E-state index contributed by atoms with van der Waals surface area (Å²) in [5, 5.41) is 3.01. The standard InChI is InChI=1S/C24H24FN3O2/c1-30-18-5-2-4-17(12-18)27-24(29)16-10-8-15(9-11-16)23-22-19(6-3-7-20(22)25)21-13-26-14-28(21)23/h2-7,12-16,23H,8-11H2,1H3,(H,27,29)/t15?,16?,23-/m1/s1. The first kappa shape index (κ1) is 18.9. The molecule has 1 N–H and O–H groups in total. The van der Waals surface area contributed by atoms with E-state index >= 15 is 0 Å². The molecule has 6 heteroatoms. The molecule has 5 nitrogen and oxygen atoms in total. The minimum Gasteiger partial charge on any atom is -0.497 e. The van der Waals surface area contributed by atoms with Gasteiger partial charge in [-0.1, -0.05) is 18.2 Å². The topological polar surface area (TPSA) is 56.1 Å². The minimum absolute atomic E-state index is 0.0313. The number of nitrogens with zero attached hydrogens (tertiary/aromatic N) is 2. The Bertz CT molecular complexity index is 1090. The highest BCUT2D eigenvalue weighted by Crippen LogP contribution is 2.48. The second kappa shape index (κ2) is 7.59. The van der Waals surface area contributed by atoms with E-state index in [-0.39, 0.29) is 29.6 Å². The van der Waals surface area contributed by atoms with E-state index < -0.39 is 0 Å². The molecule has 5 rings (SSSR count). The van der Waals surface area contributed by atoms with Crippen LogP contribution in [0.1, 0.15) is 37.3 Å². The van der Waals surface area contributed by atoms with Crippen molar-refractivity contribution in [2.45, 2.75) is 31.7 Å². The smallest absolute Gasteiger partial charge is 0.227 e. The summed E-state index contributed by atoms with van der Waals surface area (Å²) in [6, 6.07) is 12.6. The molecule has 1 atom stereocenters. The van der Waals surface area contributed by atoms with Crippen LogP contribution in [0.5, 0.6) is 5.75 Å². The number of benzene rings is 2. The van der Waals surface area contributed by atoms with Gasteiger partial charge < -0.3 is 14.6 Å². The molecule has 1 saturated carbocycles. The van der Waals surface area contributed by atoms with E-state index in [4.69, 9.17) is 4.74 Å². The molecular weight excluding hydrogens is 381 g/mol. The van der Waals surface area contributed by atoms with Crippen LogP contribution in [0.4, 0.5) is 10.1 Å². The van der Waals surface area contributed by atoms with Gasteiger partial charge in [-0.05, 0) is 49.8 Å². The number of aromatic nitrogens is 2. The number of anilines is 1. The van der Waals surface area contributed by atoms with E-state index in [1.807, 2.05) is 36.5 Å². The molecular formula is C24H24FN3O2. The zero-order valence-electron chi connectivity index (χ0n) is 16.8. The summed E-state index contributed by atoms with van der Waals surface area (Å²) in [5.41, 5.74) is 3.44. The Labute approximate surface area is 174 Å². The Morgan fingerprint density at radius 1 is 1.17 bits per heavy atom. The number of nitrogens with one attached hydrogen (secondary N) is 1. The fourth-order valence-corrected chi connectivity index (χ4v) is 5.04. The molecule has 1 fully saturated rings. The highest BCUT2D eigenvalue weighted by Gasteiger charge is 2.39. The van der Waals surface area contributed by atoms with Gasteiger partial charge in [0.05, 0.1) is 31.4 Å². The number of carbonyl (C=O) groups is 1. The predicted molar refractivity (Wildman–Crippen MR) is 113 cm³/mol. The molecule has 3 aromatic rings. The lowest BCUT2D eigenvalue weighted by atomic mass is 9.76. The molecule has 154 valence electrons. The molecule has 30 heavy (non-hydrogen) atoms. The van der Waals surface area contributed by atoms with Gasteiger partial charge in [-0.25, -0.2) is 9.37 Å². The molecule has 0 bridgehead atoms. The average Bonchev–Trinajstić information content (AvgIpc) is 3.36. The summed E-state index contributed by atoms with van der Waals surface area (Å²) in [5.74, 6) is 0.866. The number of hydrogen-bond donors (Lipinski definition) is 1. The van der Waals surface area contributed by atoms with Crippen molar-refractivity contribution in [3.63, 3.8) is 0 Å². The van der Waals surface area contributed by atoms with E-state index in [1.54, 1.807) is 25.6 Å². The van der Waals surface area contributed by atoms with Crippen LogP contribution in [-0.2, 0) is 4.79 Å². The number of hydrogen-bond acceptors (Lipinski definition) is 3. The van der Waals surface area contributed by atoms with Crippen LogP contribution in [0, 0.1) is 17.7 Å². The van der Waals surface area contributed by atoms with E-state index in [1.165, 1.54) is 0 Å². The first-order valence-electron chi connectivity index (χ1n) is 10.4. The van der Waals surface area contributed by atoms with Gasteiger partial charge in [0.25, 0.3) is 0 Å². The van der Waals surface area contributed by atoms with E-state index in [0.29, 0.717) is 0 Å². The second-order valence-electron chi connectivity index (χ2n) is 8.16. The van der Waals surface area contributed by atoms with Crippen LogP contribution in [-0.4, -0.2) is 22.6 Å². The molecule has 0 radical (unpaired) electrons. The lowest BCUT2D eigenvalue weighted by Crippen LogP contribution is -2.30. The molecule has 1 amide bonds. The van der Waals surface area contributed by atoms with Crippen molar-refractivity contribution in [1.82, 2.24) is 9.55 Å². The number of imidazole rings is 1. The van der Waals surface area contributed by atoms with Gasteiger partial charge in [0.15, 0.2) is 0 Å². The second-order valence-corrected chi connectivity index (χ2v) is 8.16. The number of amides is 1. The maximum absolute atomic E-state index is 14.7. The highest BCUT2D eigenvalue weighted by molar-refractivity contribution is 5.92. The summed E-state index contributed by atoms with van der Waals surface area (Å²) in [4.78, 5) is 17.1. The Kier molecular flexibility index (Phi) is 4.77. The minimum atomic E-state index is -0.154. The summed E-state index contributed by atoms with van der Waals surface area (Å²) in [6.07, 6.45) is 6.97. The summed E-state index contributed by atoms with van der Waals surface area (Å²) in [7, 11) is 1.61. The largest absolute Gasteiger partial charge is 0.497 e. The van der Waals surface area contributed by atoms with Gasteiger partial charge in [-0.15, -0.1) is 0 Å². The van der Waals surface area contributed by atoms with E-state index in [9.17, 15) is 9.18 Å². The van der Waals surface area contributed by atoms with Gasteiger partial charge >= 0.3 is 0 Å². The lowest BCUT2D eigenvalue weighted by Gasteiger charge is -2.33. The van der Waals surface area contributed by atoms with Crippen molar-refractivity contribution < 1.29 is 13.9 Å². The molecule has 0 spiro atoms. The first-order chi connectivity index (χ1) is 14.7. The molecule has 2 heterocycles. The van der Waals surface area contributed by atoms with Crippen LogP contribution in [0.3, 0.4) is 0 Å². The molecule has 1 aromatic heterocycles. The molecule has 0 saturated heterocycles. The van der Waals surface area contributed by atoms with Crippen LogP contribution in [0.25, 0.3) is 11.3 Å². The van der Waals surface area contributed by atoms with E-state index in [0.717, 1.165) is 53.9 Å². The zero-order chi connectivity index (χ0) is 20.7. The Balaban J connectivity index is 1.29. The highest BCUT2D eigenvalue weighted by atomic mass is 19.1. The normalized spacial score (nSPS) is 22.3. The number of carbonyl (C=O) groups excluding carboxylic acids is 1. The number of ether oxygens (including phenoxy) is 1. The van der Waals surface area contributed by atoms with Gasteiger partial charge in [0.1, 0.15) is 11.6 Å². The molecule has 2 aliphatic rings. The Hall–Kier alpha value is -3.15. The van der Waals surface area contributed by atoms with Crippen molar-refractivity contribution in [2.75, 3.05) is 12.4 Å². The fourth-order valence-electron chi connectivity index (χ4n) is 5.04. The van der Waals surface area contributed by atoms with Crippen LogP contribution >= 0.6 is 0 Å². The van der Waals surface area contributed by atoms with E-state index in [2.05, 4.69) is 14.9 Å². The van der Waals surface area contributed by atoms with Crippen molar-refractivity contribution in [3.8, 4) is 17.0 Å². The summed E-state index contributed by atoms with van der Waals surface area (Å²) >= 11 is 0. The maximum atomic E-state index is 14.7. The van der Waals surface area contributed by atoms with Crippen LogP contribution in [0.15, 0.2) is 55.0 Å². The Morgan fingerprint density at radius 2 is 1.97 bits per heavy atom. The number of rotatable bonds is 4. The van der Waals surface area contributed by atoms with Gasteiger partial charge in [-0.3, -0.25) is 4.79 Å². The molecule has 1 aliphatic heterocycles. The van der Waals surface area contributed by atoms with Gasteiger partial charge in [0.2, 0.25) is 5.91 Å². The fraction of sp³-hybridized carbons (Fsp3) is 0.333. The van der Waals surface area contributed by atoms with Crippen molar-refractivity contribution >= 4 is 11.6 Å². The van der Waals surface area contributed by atoms with Crippen molar-refractivity contribution in [3.05, 3.63) is 66.4 Å². The zero-order valence-corrected chi connectivity index (χ0v) is 16.8. The third kappa shape index (κ3) is 3.16.